The number of rotatable bonds is 3. The van der Waals surface area contributed by atoms with Gasteiger partial charge in [0.1, 0.15) is 0 Å². The molecule has 1 aromatic rings. The number of hydrazine groups is 1. The van der Waals surface area contributed by atoms with Crippen LogP contribution >= 0.6 is 0 Å². The topological polar surface area (TPSA) is 61.4 Å². The van der Waals surface area contributed by atoms with E-state index < -0.39 is 23.8 Å². The Hall–Kier alpha value is -1.60. The molecular weight excluding hydrogens is 237 g/mol. The van der Waals surface area contributed by atoms with Crippen molar-refractivity contribution in [3.05, 3.63) is 35.4 Å². The summed E-state index contributed by atoms with van der Waals surface area (Å²) in [6.07, 6.45) is -5.94. The molecule has 17 heavy (non-hydrogen) atoms. The van der Waals surface area contributed by atoms with Crippen LogP contribution in [0.2, 0.25) is 0 Å². The van der Waals surface area contributed by atoms with Gasteiger partial charge in [0.2, 0.25) is 0 Å². The second-order valence-corrected chi connectivity index (χ2v) is 3.26. The van der Waals surface area contributed by atoms with E-state index in [0.29, 0.717) is 0 Å². The van der Waals surface area contributed by atoms with Gasteiger partial charge in [0, 0.05) is 7.05 Å². The van der Waals surface area contributed by atoms with Crippen molar-refractivity contribution in [2.45, 2.75) is 12.3 Å². The average Bonchev–Trinajstić information content (AvgIpc) is 2.27. The molecular formula is C10H11F3N2O2. The fourth-order valence-electron chi connectivity index (χ4n) is 1.20. The minimum absolute atomic E-state index is 0.0887. The molecule has 7 heteroatoms. The molecule has 94 valence electrons. The molecule has 4 nitrogen and oxygen atoms in total. The van der Waals surface area contributed by atoms with Crippen LogP contribution in [0.3, 0.4) is 0 Å². The number of alkyl halides is 3. The SMILES string of the molecule is CNNC(=O)C(O)c1ccc(C(F)(F)F)cc1. The Morgan fingerprint density at radius 3 is 2.24 bits per heavy atom. The van der Waals surface area contributed by atoms with Crippen LogP contribution in [0.25, 0.3) is 0 Å². The maximum atomic E-state index is 12.2. The van der Waals surface area contributed by atoms with Crippen LogP contribution in [0, 0.1) is 0 Å². The lowest BCUT2D eigenvalue weighted by Gasteiger charge is -2.12. The summed E-state index contributed by atoms with van der Waals surface area (Å²) in [6.45, 7) is 0. The fourth-order valence-corrected chi connectivity index (χ4v) is 1.20. The van der Waals surface area contributed by atoms with Gasteiger partial charge >= 0.3 is 6.18 Å². The van der Waals surface area contributed by atoms with Crippen LogP contribution < -0.4 is 10.9 Å². The molecule has 0 saturated carbocycles. The second kappa shape index (κ2) is 5.15. The van der Waals surface area contributed by atoms with Crippen molar-refractivity contribution < 1.29 is 23.1 Å². The van der Waals surface area contributed by atoms with Gasteiger partial charge in [-0.25, -0.2) is 5.43 Å². The summed E-state index contributed by atoms with van der Waals surface area (Å²) in [5.41, 5.74) is 3.70. The Bertz CT molecular complexity index is 390. The molecule has 0 aliphatic rings. The van der Waals surface area contributed by atoms with E-state index in [4.69, 9.17) is 0 Å². The number of halogens is 3. The zero-order chi connectivity index (χ0) is 13.1. The first kappa shape index (κ1) is 13.5. The van der Waals surface area contributed by atoms with Crippen LogP contribution in [0.1, 0.15) is 17.2 Å². The molecule has 1 aromatic carbocycles. The van der Waals surface area contributed by atoms with Gasteiger partial charge in [0.15, 0.2) is 6.10 Å². The highest BCUT2D eigenvalue weighted by Crippen LogP contribution is 2.29. The quantitative estimate of drug-likeness (QED) is 0.699. The molecule has 0 spiro atoms. The highest BCUT2D eigenvalue weighted by molar-refractivity contribution is 5.81. The molecule has 0 aliphatic carbocycles. The van der Waals surface area contributed by atoms with E-state index in [1.807, 2.05) is 0 Å². The van der Waals surface area contributed by atoms with Crippen molar-refractivity contribution in [2.24, 2.45) is 0 Å². The van der Waals surface area contributed by atoms with E-state index in [1.165, 1.54) is 7.05 Å². The van der Waals surface area contributed by atoms with E-state index in [0.717, 1.165) is 24.3 Å². The molecule has 3 N–H and O–H groups in total. The summed E-state index contributed by atoms with van der Waals surface area (Å²) in [4.78, 5) is 11.2. The lowest BCUT2D eigenvalue weighted by atomic mass is 10.1. The molecule has 0 bridgehead atoms. The summed E-state index contributed by atoms with van der Waals surface area (Å²) >= 11 is 0. The maximum absolute atomic E-state index is 12.2. The van der Waals surface area contributed by atoms with Crippen molar-refractivity contribution >= 4 is 5.91 Å². The highest BCUT2D eigenvalue weighted by Gasteiger charge is 2.30. The number of carbonyl (C=O) groups excluding carboxylic acids is 1. The van der Waals surface area contributed by atoms with E-state index >= 15 is 0 Å². The van der Waals surface area contributed by atoms with Crippen molar-refractivity contribution in [2.75, 3.05) is 7.05 Å². The first-order valence-corrected chi connectivity index (χ1v) is 4.68. The number of carbonyl (C=O) groups is 1. The van der Waals surface area contributed by atoms with Crippen molar-refractivity contribution in [3.63, 3.8) is 0 Å². The van der Waals surface area contributed by atoms with E-state index in [9.17, 15) is 23.1 Å². The molecule has 1 unspecified atom stereocenters. The summed E-state index contributed by atoms with van der Waals surface area (Å²) in [5, 5.41) is 9.48. The molecule has 0 aliphatic heterocycles. The second-order valence-electron chi connectivity index (χ2n) is 3.26. The molecule has 0 radical (unpaired) electrons. The summed E-state index contributed by atoms with van der Waals surface area (Å²) in [6, 6.07) is 3.74. The van der Waals surface area contributed by atoms with Gasteiger partial charge in [-0.1, -0.05) is 12.1 Å². The zero-order valence-corrected chi connectivity index (χ0v) is 8.88. The Morgan fingerprint density at radius 2 is 1.82 bits per heavy atom. The summed E-state index contributed by atoms with van der Waals surface area (Å²) in [5.74, 6) is -0.743. The Labute approximate surface area is 95.4 Å². The molecule has 1 atom stereocenters. The van der Waals surface area contributed by atoms with Crippen LogP contribution in [-0.2, 0) is 11.0 Å². The van der Waals surface area contributed by atoms with Crippen LogP contribution in [0.4, 0.5) is 13.2 Å². The van der Waals surface area contributed by atoms with E-state index in [2.05, 4.69) is 10.9 Å². The number of nitrogens with one attached hydrogen (secondary N) is 2. The van der Waals surface area contributed by atoms with Gasteiger partial charge in [0.05, 0.1) is 5.56 Å². The third-order valence-electron chi connectivity index (χ3n) is 2.05. The Kier molecular flexibility index (Phi) is 4.08. The lowest BCUT2D eigenvalue weighted by molar-refractivity contribution is -0.137. The van der Waals surface area contributed by atoms with Crippen LogP contribution in [-0.4, -0.2) is 18.1 Å². The molecule has 0 fully saturated rings. The normalized spacial score (nSPS) is 13.2. The van der Waals surface area contributed by atoms with E-state index in [1.54, 1.807) is 0 Å². The minimum Gasteiger partial charge on any atom is -0.378 e. The number of benzene rings is 1. The number of hydrogen-bond acceptors (Lipinski definition) is 3. The number of aliphatic hydroxyl groups excluding tert-OH is 1. The van der Waals surface area contributed by atoms with Crippen molar-refractivity contribution in [3.8, 4) is 0 Å². The fraction of sp³-hybridized carbons (Fsp3) is 0.300. The average molecular weight is 248 g/mol. The van der Waals surface area contributed by atoms with Crippen molar-refractivity contribution in [1.29, 1.82) is 0 Å². The first-order chi connectivity index (χ1) is 7.86. The number of aliphatic hydroxyl groups is 1. The Balaban J connectivity index is 2.84. The molecule has 0 aromatic heterocycles. The predicted octanol–water partition coefficient (Wildman–Crippen LogP) is 0.989. The standard InChI is InChI=1S/C10H11F3N2O2/c1-14-15-9(17)8(16)6-2-4-7(5-3-6)10(11,12)13/h2-5,8,14,16H,1H3,(H,15,17). The first-order valence-electron chi connectivity index (χ1n) is 4.68. The van der Waals surface area contributed by atoms with Crippen molar-refractivity contribution in [1.82, 2.24) is 10.9 Å². The van der Waals surface area contributed by atoms with Gasteiger partial charge in [-0.05, 0) is 17.7 Å². The molecule has 0 saturated heterocycles. The summed E-state index contributed by atoms with van der Waals surface area (Å²) < 4.78 is 36.7. The number of amides is 1. The van der Waals surface area contributed by atoms with Gasteiger partial charge in [-0.15, -0.1) is 0 Å². The largest absolute Gasteiger partial charge is 0.416 e. The number of hydrogen-bond donors (Lipinski definition) is 3. The predicted molar refractivity (Wildman–Crippen MR) is 53.6 cm³/mol. The summed E-state index contributed by atoms with van der Waals surface area (Å²) in [7, 11) is 1.43. The minimum atomic E-state index is -4.43. The van der Waals surface area contributed by atoms with Crippen LogP contribution in [0.5, 0.6) is 0 Å². The smallest absolute Gasteiger partial charge is 0.378 e. The zero-order valence-electron chi connectivity index (χ0n) is 8.88. The van der Waals surface area contributed by atoms with Gasteiger partial charge in [0.25, 0.3) is 5.91 Å². The van der Waals surface area contributed by atoms with Gasteiger partial charge in [-0.2, -0.15) is 13.2 Å². The van der Waals surface area contributed by atoms with Gasteiger partial charge < -0.3 is 5.11 Å². The highest BCUT2D eigenvalue weighted by atomic mass is 19.4. The Morgan fingerprint density at radius 1 is 1.29 bits per heavy atom. The van der Waals surface area contributed by atoms with Gasteiger partial charge in [-0.3, -0.25) is 10.2 Å². The third kappa shape index (κ3) is 3.43. The monoisotopic (exact) mass is 248 g/mol. The lowest BCUT2D eigenvalue weighted by Crippen LogP contribution is -2.37. The maximum Gasteiger partial charge on any atom is 0.416 e. The molecule has 1 amide bonds. The molecule has 1 rings (SSSR count). The third-order valence-corrected chi connectivity index (χ3v) is 2.05. The van der Waals surface area contributed by atoms with E-state index in [-0.39, 0.29) is 5.56 Å². The molecule has 0 heterocycles. The van der Waals surface area contributed by atoms with Crippen LogP contribution in [0.15, 0.2) is 24.3 Å².